The van der Waals surface area contributed by atoms with Crippen molar-refractivity contribution in [3.63, 3.8) is 0 Å². The molecule has 0 bridgehead atoms. The molecule has 5 nitrogen and oxygen atoms in total. The summed E-state index contributed by atoms with van der Waals surface area (Å²) in [4.78, 5) is 38.9. The maximum atomic E-state index is 12.9. The van der Waals surface area contributed by atoms with Gasteiger partial charge in [-0.3, -0.25) is 14.4 Å². The Labute approximate surface area is 184 Å². The van der Waals surface area contributed by atoms with Gasteiger partial charge in [-0.2, -0.15) is 0 Å². The van der Waals surface area contributed by atoms with Crippen molar-refractivity contribution in [2.24, 2.45) is 11.8 Å². The van der Waals surface area contributed by atoms with E-state index in [0.717, 1.165) is 12.0 Å². The third kappa shape index (κ3) is 5.93. The number of ketones is 2. The van der Waals surface area contributed by atoms with Crippen LogP contribution < -0.4 is 0 Å². The summed E-state index contributed by atoms with van der Waals surface area (Å²) >= 11 is 0. The smallest absolute Gasteiger partial charge is 0.223 e. The van der Waals surface area contributed by atoms with Crippen molar-refractivity contribution in [1.29, 1.82) is 0 Å². The van der Waals surface area contributed by atoms with Gasteiger partial charge in [0.2, 0.25) is 5.91 Å². The topological polar surface area (TPSA) is 67.6 Å². The van der Waals surface area contributed by atoms with E-state index in [1.54, 1.807) is 13.0 Å². The average Bonchev–Trinajstić information content (AvgIpc) is 3.12. The molecule has 2 heterocycles. The highest BCUT2D eigenvalue weighted by Gasteiger charge is 2.28. The van der Waals surface area contributed by atoms with E-state index >= 15 is 0 Å². The van der Waals surface area contributed by atoms with E-state index in [1.165, 1.54) is 12.5 Å². The lowest BCUT2D eigenvalue weighted by Crippen LogP contribution is -2.40. The van der Waals surface area contributed by atoms with Crippen LogP contribution in [0.5, 0.6) is 0 Å². The second kappa shape index (κ2) is 10.1. The molecule has 0 unspecified atom stereocenters. The van der Waals surface area contributed by atoms with Crippen LogP contribution in [0, 0.1) is 18.8 Å². The molecule has 31 heavy (non-hydrogen) atoms. The molecule has 0 aliphatic carbocycles. The molecule has 1 saturated heterocycles. The third-order valence-electron chi connectivity index (χ3n) is 6.03. The molecular formula is C26H33NO4. The second-order valence-electron chi connectivity index (χ2n) is 9.05. The molecule has 5 heteroatoms. The number of hydrogen-bond acceptors (Lipinski definition) is 4. The number of rotatable bonds is 8. The molecule has 1 amide bonds. The molecule has 0 spiro atoms. The standard InChI is InChI=1S/C26H33NO4/c1-17(2)15-20-5-7-21(8-6-20)26(30)22-11-13-27(14-12-22)25(29)10-9-23-16-24(18(3)28)19(4)31-23/h5-8,16-17,22H,9-15H2,1-4H3. The summed E-state index contributed by atoms with van der Waals surface area (Å²) in [5.41, 5.74) is 2.61. The number of aryl methyl sites for hydroxylation is 2. The Morgan fingerprint density at radius 1 is 1.10 bits per heavy atom. The van der Waals surface area contributed by atoms with Crippen LogP contribution in [0.15, 0.2) is 34.7 Å². The van der Waals surface area contributed by atoms with Gasteiger partial charge in [0.05, 0.1) is 5.56 Å². The van der Waals surface area contributed by atoms with Gasteiger partial charge in [-0.25, -0.2) is 0 Å². The molecule has 1 aromatic heterocycles. The van der Waals surface area contributed by atoms with E-state index in [1.807, 2.05) is 17.0 Å². The zero-order valence-corrected chi connectivity index (χ0v) is 19.1. The highest BCUT2D eigenvalue weighted by atomic mass is 16.3. The van der Waals surface area contributed by atoms with Crippen LogP contribution in [-0.4, -0.2) is 35.5 Å². The van der Waals surface area contributed by atoms with Gasteiger partial charge >= 0.3 is 0 Å². The van der Waals surface area contributed by atoms with Gasteiger partial charge in [0, 0.05) is 37.4 Å². The highest BCUT2D eigenvalue weighted by Crippen LogP contribution is 2.24. The first-order valence-corrected chi connectivity index (χ1v) is 11.3. The number of piperidine rings is 1. The number of hydrogen-bond donors (Lipinski definition) is 0. The molecule has 166 valence electrons. The molecule has 0 saturated carbocycles. The number of likely N-dealkylation sites (tertiary alicyclic amines) is 1. The molecule has 1 aromatic carbocycles. The molecule has 0 N–H and O–H groups in total. The molecule has 1 aliphatic rings. The van der Waals surface area contributed by atoms with Crippen molar-refractivity contribution in [2.75, 3.05) is 13.1 Å². The van der Waals surface area contributed by atoms with Gasteiger partial charge in [-0.15, -0.1) is 0 Å². The summed E-state index contributed by atoms with van der Waals surface area (Å²) < 4.78 is 5.60. The lowest BCUT2D eigenvalue weighted by atomic mass is 9.88. The van der Waals surface area contributed by atoms with E-state index < -0.39 is 0 Å². The second-order valence-corrected chi connectivity index (χ2v) is 9.05. The van der Waals surface area contributed by atoms with Crippen LogP contribution in [0.2, 0.25) is 0 Å². The molecule has 0 atom stereocenters. The number of Topliss-reactive ketones (excluding diaryl/α,β-unsaturated/α-hetero) is 2. The number of furan rings is 1. The maximum Gasteiger partial charge on any atom is 0.223 e. The Hall–Kier alpha value is -2.69. The minimum Gasteiger partial charge on any atom is -0.466 e. The lowest BCUT2D eigenvalue weighted by molar-refractivity contribution is -0.132. The number of nitrogens with zero attached hydrogens (tertiary/aromatic N) is 1. The van der Waals surface area contributed by atoms with Gasteiger partial charge in [0.1, 0.15) is 11.5 Å². The number of amides is 1. The predicted molar refractivity (Wildman–Crippen MR) is 120 cm³/mol. The summed E-state index contributed by atoms with van der Waals surface area (Å²) in [5, 5.41) is 0. The SMILES string of the molecule is CC(=O)c1cc(CCC(=O)N2CCC(C(=O)c3ccc(CC(C)C)cc3)CC2)oc1C. The van der Waals surface area contributed by atoms with Crippen LogP contribution in [0.4, 0.5) is 0 Å². The summed E-state index contributed by atoms with van der Waals surface area (Å²) in [5.74, 6) is 2.07. The zero-order valence-electron chi connectivity index (χ0n) is 19.1. The van der Waals surface area contributed by atoms with Crippen LogP contribution in [-0.2, 0) is 17.6 Å². The Morgan fingerprint density at radius 3 is 2.29 bits per heavy atom. The summed E-state index contributed by atoms with van der Waals surface area (Å²) in [6, 6.07) is 9.73. The fourth-order valence-corrected chi connectivity index (χ4v) is 4.31. The normalized spacial score (nSPS) is 14.8. The quantitative estimate of drug-likeness (QED) is 0.558. The zero-order chi connectivity index (χ0) is 22.5. The first-order valence-electron chi connectivity index (χ1n) is 11.3. The largest absolute Gasteiger partial charge is 0.466 e. The molecule has 0 radical (unpaired) electrons. The van der Waals surface area contributed by atoms with Crippen molar-refractivity contribution < 1.29 is 18.8 Å². The summed E-state index contributed by atoms with van der Waals surface area (Å²) in [6.45, 7) is 8.87. The van der Waals surface area contributed by atoms with E-state index in [-0.39, 0.29) is 23.4 Å². The number of benzene rings is 1. The van der Waals surface area contributed by atoms with E-state index in [2.05, 4.69) is 26.0 Å². The Kier molecular flexibility index (Phi) is 7.47. The van der Waals surface area contributed by atoms with Crippen molar-refractivity contribution in [1.82, 2.24) is 4.90 Å². The van der Waals surface area contributed by atoms with Crippen molar-refractivity contribution in [3.05, 3.63) is 58.5 Å². The first kappa shape index (κ1) is 23.0. The van der Waals surface area contributed by atoms with Crippen LogP contribution >= 0.6 is 0 Å². The van der Waals surface area contributed by atoms with Crippen molar-refractivity contribution in [2.45, 2.75) is 59.8 Å². The van der Waals surface area contributed by atoms with E-state index in [0.29, 0.717) is 61.8 Å². The van der Waals surface area contributed by atoms with Crippen LogP contribution in [0.3, 0.4) is 0 Å². The van der Waals surface area contributed by atoms with Gasteiger partial charge in [0.25, 0.3) is 0 Å². The summed E-state index contributed by atoms with van der Waals surface area (Å²) in [6.07, 6.45) is 3.25. The van der Waals surface area contributed by atoms with Crippen molar-refractivity contribution in [3.8, 4) is 0 Å². The maximum absolute atomic E-state index is 12.9. The highest BCUT2D eigenvalue weighted by molar-refractivity contribution is 5.98. The van der Waals surface area contributed by atoms with Gasteiger partial charge < -0.3 is 9.32 Å². The number of carbonyl (C=O) groups excluding carboxylic acids is 3. The average molecular weight is 424 g/mol. The minimum atomic E-state index is -0.0277. The molecule has 1 fully saturated rings. The predicted octanol–water partition coefficient (Wildman–Crippen LogP) is 5.04. The number of carbonyl (C=O) groups is 3. The molecule has 3 rings (SSSR count). The fraction of sp³-hybridized carbons (Fsp3) is 0.500. The third-order valence-corrected chi connectivity index (χ3v) is 6.03. The Morgan fingerprint density at radius 2 is 1.74 bits per heavy atom. The van der Waals surface area contributed by atoms with Crippen LogP contribution in [0.1, 0.15) is 77.8 Å². The lowest BCUT2D eigenvalue weighted by Gasteiger charge is -2.31. The molecule has 1 aliphatic heterocycles. The van der Waals surface area contributed by atoms with E-state index in [4.69, 9.17) is 4.42 Å². The van der Waals surface area contributed by atoms with Gasteiger partial charge in [-0.1, -0.05) is 38.1 Å². The monoisotopic (exact) mass is 423 g/mol. The minimum absolute atomic E-state index is 0.0224. The van der Waals surface area contributed by atoms with Crippen molar-refractivity contribution >= 4 is 17.5 Å². The van der Waals surface area contributed by atoms with Gasteiger partial charge in [0.15, 0.2) is 11.6 Å². The van der Waals surface area contributed by atoms with E-state index in [9.17, 15) is 14.4 Å². The first-order chi connectivity index (χ1) is 14.7. The summed E-state index contributed by atoms with van der Waals surface area (Å²) in [7, 11) is 0. The molecule has 2 aromatic rings. The Balaban J connectivity index is 1.48. The Bertz CT molecular complexity index is 931. The van der Waals surface area contributed by atoms with Crippen LogP contribution in [0.25, 0.3) is 0 Å². The van der Waals surface area contributed by atoms with Gasteiger partial charge in [-0.05, 0) is 50.7 Å². The fourth-order valence-electron chi connectivity index (χ4n) is 4.31. The molecular weight excluding hydrogens is 390 g/mol.